The van der Waals surface area contributed by atoms with Crippen molar-refractivity contribution in [2.24, 2.45) is 23.7 Å². The van der Waals surface area contributed by atoms with E-state index in [1.165, 1.54) is 18.4 Å². The molecule has 4 atom stereocenters. The predicted molar refractivity (Wildman–Crippen MR) is 76.5 cm³/mol. The van der Waals surface area contributed by atoms with Gasteiger partial charge >= 0.3 is 0 Å². The van der Waals surface area contributed by atoms with E-state index in [0.29, 0.717) is 30.1 Å². The van der Waals surface area contributed by atoms with Crippen molar-refractivity contribution in [1.29, 1.82) is 0 Å². The van der Waals surface area contributed by atoms with Crippen LogP contribution in [0.3, 0.4) is 0 Å². The molecule has 5 heteroatoms. The number of rotatable bonds is 4. The second-order valence-electron chi connectivity index (χ2n) is 5.81. The molecular weight excluding hydrogens is 260 g/mol. The molecule has 4 rings (SSSR count). The van der Waals surface area contributed by atoms with Crippen LogP contribution in [-0.2, 0) is 9.53 Å². The minimum absolute atomic E-state index is 0.105. The van der Waals surface area contributed by atoms with Gasteiger partial charge in [-0.15, -0.1) is 0 Å². The van der Waals surface area contributed by atoms with Gasteiger partial charge in [0.1, 0.15) is 0 Å². The van der Waals surface area contributed by atoms with Gasteiger partial charge in [-0.25, -0.2) is 0 Å². The van der Waals surface area contributed by atoms with Crippen LogP contribution in [0.5, 0.6) is 0 Å². The summed E-state index contributed by atoms with van der Waals surface area (Å²) in [7, 11) is 1.64. The van der Waals surface area contributed by atoms with Crippen molar-refractivity contribution in [3.8, 4) is 0 Å². The first kappa shape index (κ1) is 13.1. The van der Waals surface area contributed by atoms with Gasteiger partial charge in [-0.1, -0.05) is 11.6 Å². The molecular formula is C14H20N2O2S. The third-order valence-corrected chi connectivity index (χ3v) is 4.91. The SMILES string of the molecule is COCCNC(=S)NC(=O)C1C2CC3=CC(C2)CC31. The lowest BCUT2D eigenvalue weighted by Crippen LogP contribution is -2.46. The summed E-state index contributed by atoms with van der Waals surface area (Å²) in [6.07, 6.45) is 5.89. The molecule has 0 saturated heterocycles. The molecule has 0 aromatic heterocycles. The van der Waals surface area contributed by atoms with E-state index in [1.807, 2.05) is 0 Å². The molecule has 0 aromatic carbocycles. The molecule has 1 amide bonds. The maximum Gasteiger partial charge on any atom is 0.230 e. The Balaban J connectivity index is 1.54. The summed E-state index contributed by atoms with van der Waals surface area (Å²) in [5.74, 6) is 2.03. The van der Waals surface area contributed by atoms with Crippen molar-refractivity contribution in [1.82, 2.24) is 10.6 Å². The van der Waals surface area contributed by atoms with Gasteiger partial charge in [-0.2, -0.15) is 0 Å². The highest BCUT2D eigenvalue weighted by molar-refractivity contribution is 7.80. The van der Waals surface area contributed by atoms with E-state index in [-0.39, 0.29) is 11.8 Å². The first-order chi connectivity index (χ1) is 9.19. The van der Waals surface area contributed by atoms with E-state index >= 15 is 0 Å². The molecule has 2 N–H and O–H groups in total. The average Bonchev–Trinajstić information content (AvgIpc) is 2.77. The van der Waals surface area contributed by atoms with Gasteiger partial charge in [0.25, 0.3) is 0 Å². The normalized spacial score (nSPS) is 34.3. The van der Waals surface area contributed by atoms with Crippen LogP contribution < -0.4 is 10.6 Å². The summed E-state index contributed by atoms with van der Waals surface area (Å²) >= 11 is 5.14. The molecule has 19 heavy (non-hydrogen) atoms. The van der Waals surface area contributed by atoms with E-state index in [1.54, 1.807) is 7.11 Å². The number of carbonyl (C=O) groups is 1. The number of ether oxygens (including phenoxy) is 1. The molecule has 4 nitrogen and oxygen atoms in total. The summed E-state index contributed by atoms with van der Waals surface area (Å²) in [4.78, 5) is 12.4. The Bertz CT molecular complexity index is 435. The van der Waals surface area contributed by atoms with Gasteiger partial charge in [-0.05, 0) is 49.2 Å². The summed E-state index contributed by atoms with van der Waals surface area (Å²) in [6.45, 7) is 1.21. The molecule has 4 aliphatic rings. The maximum atomic E-state index is 12.4. The number of hydrogen-bond acceptors (Lipinski definition) is 3. The van der Waals surface area contributed by atoms with Crippen molar-refractivity contribution in [2.75, 3.05) is 20.3 Å². The third-order valence-electron chi connectivity index (χ3n) is 4.66. The molecule has 0 aromatic rings. The minimum Gasteiger partial charge on any atom is -0.383 e. The molecule has 2 saturated carbocycles. The van der Waals surface area contributed by atoms with Gasteiger partial charge in [0.05, 0.1) is 6.61 Å². The Morgan fingerprint density at radius 2 is 2.37 bits per heavy atom. The zero-order valence-corrected chi connectivity index (χ0v) is 12.0. The fourth-order valence-corrected chi connectivity index (χ4v) is 4.22. The molecule has 0 radical (unpaired) electrons. The largest absolute Gasteiger partial charge is 0.383 e. The van der Waals surface area contributed by atoms with Crippen LogP contribution in [0.2, 0.25) is 0 Å². The van der Waals surface area contributed by atoms with E-state index in [4.69, 9.17) is 17.0 Å². The summed E-state index contributed by atoms with van der Waals surface area (Å²) in [5, 5.41) is 6.26. The highest BCUT2D eigenvalue weighted by atomic mass is 32.1. The molecule has 4 aliphatic carbocycles. The number of thiocarbonyl (C=S) groups is 1. The van der Waals surface area contributed by atoms with Gasteiger partial charge in [-0.3, -0.25) is 4.79 Å². The van der Waals surface area contributed by atoms with Crippen LogP contribution in [0.1, 0.15) is 19.3 Å². The lowest BCUT2D eigenvalue weighted by Gasteiger charge is -2.30. The number of carbonyl (C=O) groups excluding carboxylic acids is 1. The Hall–Kier alpha value is -0.940. The number of amides is 1. The molecule has 0 aliphatic heterocycles. The first-order valence-electron chi connectivity index (χ1n) is 6.97. The number of nitrogens with one attached hydrogen (secondary N) is 2. The summed E-state index contributed by atoms with van der Waals surface area (Å²) < 4.78 is 4.93. The third kappa shape index (κ3) is 2.41. The van der Waals surface area contributed by atoms with E-state index in [0.717, 1.165) is 12.3 Å². The van der Waals surface area contributed by atoms with Crippen LogP contribution >= 0.6 is 12.2 Å². The Labute approximate surface area is 119 Å². The van der Waals surface area contributed by atoms with Gasteiger partial charge in [0.15, 0.2) is 5.11 Å². The second kappa shape index (κ2) is 5.21. The number of hydrogen-bond donors (Lipinski definition) is 2. The zero-order chi connectivity index (χ0) is 13.4. The van der Waals surface area contributed by atoms with Gasteiger partial charge in [0, 0.05) is 19.6 Å². The van der Waals surface area contributed by atoms with E-state index < -0.39 is 0 Å². The van der Waals surface area contributed by atoms with Crippen molar-refractivity contribution >= 4 is 23.2 Å². The maximum absolute atomic E-state index is 12.4. The lowest BCUT2D eigenvalue weighted by molar-refractivity contribution is -0.126. The predicted octanol–water partition coefficient (Wildman–Crippen LogP) is 1.23. The number of allylic oxidation sites excluding steroid dienone is 2. The van der Waals surface area contributed by atoms with Crippen LogP contribution in [0, 0.1) is 23.7 Å². The molecule has 4 bridgehead atoms. The highest BCUT2D eigenvalue weighted by Crippen LogP contribution is 2.57. The van der Waals surface area contributed by atoms with Crippen molar-refractivity contribution in [3.63, 3.8) is 0 Å². The Kier molecular flexibility index (Phi) is 3.58. The summed E-state index contributed by atoms with van der Waals surface area (Å²) in [6, 6.07) is 0. The van der Waals surface area contributed by atoms with Crippen LogP contribution in [0.25, 0.3) is 0 Å². The van der Waals surface area contributed by atoms with Crippen LogP contribution in [-0.4, -0.2) is 31.3 Å². The fraction of sp³-hybridized carbons (Fsp3) is 0.714. The minimum atomic E-state index is 0.105. The first-order valence-corrected chi connectivity index (χ1v) is 7.38. The molecule has 0 spiro atoms. The zero-order valence-electron chi connectivity index (χ0n) is 11.1. The van der Waals surface area contributed by atoms with Crippen LogP contribution in [0.4, 0.5) is 0 Å². The molecule has 4 unspecified atom stereocenters. The van der Waals surface area contributed by atoms with Gasteiger partial charge < -0.3 is 15.4 Å². The standard InChI is InChI=1S/C14H20N2O2S/c1-18-3-2-15-14(19)16-13(17)12-10-5-8-4-9(7-10)11(12)6-8/h4,8,10-12H,2-3,5-7H2,1H3,(H2,15,16,17,19). The fourth-order valence-electron chi connectivity index (χ4n) is 4.01. The topological polar surface area (TPSA) is 50.4 Å². The number of methoxy groups -OCH3 is 1. The quantitative estimate of drug-likeness (QED) is 0.462. The van der Waals surface area contributed by atoms with Crippen molar-refractivity contribution in [3.05, 3.63) is 11.6 Å². The van der Waals surface area contributed by atoms with Crippen molar-refractivity contribution in [2.45, 2.75) is 19.3 Å². The Morgan fingerprint density at radius 1 is 1.53 bits per heavy atom. The Morgan fingerprint density at radius 3 is 3.11 bits per heavy atom. The molecule has 0 heterocycles. The van der Waals surface area contributed by atoms with E-state index in [9.17, 15) is 4.79 Å². The van der Waals surface area contributed by atoms with Crippen LogP contribution in [0.15, 0.2) is 11.6 Å². The summed E-state index contributed by atoms with van der Waals surface area (Å²) in [5.41, 5.74) is 1.53. The lowest BCUT2D eigenvalue weighted by atomic mass is 9.75. The second-order valence-corrected chi connectivity index (χ2v) is 6.22. The molecule has 104 valence electrons. The average molecular weight is 280 g/mol. The molecule has 2 fully saturated rings. The van der Waals surface area contributed by atoms with Crippen molar-refractivity contribution < 1.29 is 9.53 Å². The smallest absolute Gasteiger partial charge is 0.230 e. The van der Waals surface area contributed by atoms with E-state index in [2.05, 4.69) is 16.7 Å². The highest BCUT2D eigenvalue weighted by Gasteiger charge is 2.51. The van der Waals surface area contributed by atoms with Gasteiger partial charge in [0.2, 0.25) is 5.91 Å². The monoisotopic (exact) mass is 280 g/mol.